The third kappa shape index (κ3) is 4.15. The average molecular weight is 481 g/mol. The molecular weight excluding hydrogens is 444 g/mol. The molecule has 2 aromatic heterocycles. The number of nitrogens with zero attached hydrogens (tertiary/aromatic N) is 3. The van der Waals surface area contributed by atoms with Gasteiger partial charge in [-0.3, -0.25) is 9.78 Å². The Kier molecular flexibility index (Phi) is 6.95. The first-order valence-corrected chi connectivity index (χ1v) is 13.5. The van der Waals surface area contributed by atoms with Gasteiger partial charge in [0.25, 0.3) is 0 Å². The van der Waals surface area contributed by atoms with Crippen molar-refractivity contribution >= 4 is 17.5 Å². The van der Waals surface area contributed by atoms with E-state index in [2.05, 4.69) is 52.2 Å². The van der Waals surface area contributed by atoms with E-state index in [0.717, 1.165) is 70.3 Å². The smallest absolute Gasteiger partial charge is 0.228 e. The first-order valence-electron chi connectivity index (χ1n) is 13.2. The molecule has 2 aliphatic heterocycles. The number of likely N-dealkylation sites (tertiary alicyclic amines) is 1. The standard InChI is InChI=1S/C28H37ClN4O/c1-3-19(4-2)25-16-20(23-8-5-6-14-31-23)12-15-33(25)27(34)22-17-30-18-28(22)13-7-9-24-21(28)10-11-26(29)32-24/h5-6,8,10-11,14,19-20,22,25,30H,3-4,7,9,12-13,15-18H2,1-2H3. The van der Waals surface area contributed by atoms with Crippen molar-refractivity contribution in [3.63, 3.8) is 0 Å². The number of hydrogen-bond donors (Lipinski definition) is 1. The molecule has 5 rings (SSSR count). The molecule has 0 saturated carbocycles. The molecule has 4 heterocycles. The van der Waals surface area contributed by atoms with Crippen molar-refractivity contribution in [2.24, 2.45) is 11.8 Å². The largest absolute Gasteiger partial charge is 0.339 e. The van der Waals surface area contributed by atoms with Gasteiger partial charge in [0.15, 0.2) is 0 Å². The maximum atomic E-state index is 14.4. The second kappa shape index (κ2) is 9.94. The summed E-state index contributed by atoms with van der Waals surface area (Å²) in [5.41, 5.74) is 3.34. The fraction of sp³-hybridized carbons (Fsp3) is 0.607. The van der Waals surface area contributed by atoms with Crippen LogP contribution in [0.5, 0.6) is 0 Å². The van der Waals surface area contributed by atoms with E-state index in [4.69, 9.17) is 11.6 Å². The van der Waals surface area contributed by atoms with Gasteiger partial charge in [-0.2, -0.15) is 0 Å². The van der Waals surface area contributed by atoms with Crippen molar-refractivity contribution in [1.29, 1.82) is 0 Å². The molecule has 1 N–H and O–H groups in total. The Labute approximate surface area is 208 Å². The number of carbonyl (C=O) groups is 1. The molecule has 0 radical (unpaired) electrons. The minimum absolute atomic E-state index is 0.0437. The molecule has 2 fully saturated rings. The molecule has 2 saturated heterocycles. The summed E-state index contributed by atoms with van der Waals surface area (Å²) in [6.45, 7) is 6.95. The van der Waals surface area contributed by atoms with Crippen molar-refractivity contribution in [1.82, 2.24) is 20.2 Å². The van der Waals surface area contributed by atoms with E-state index < -0.39 is 0 Å². The predicted molar refractivity (Wildman–Crippen MR) is 136 cm³/mol. The number of piperidine rings is 1. The first kappa shape index (κ1) is 23.7. The fourth-order valence-electron chi connectivity index (χ4n) is 7.09. The Morgan fingerprint density at radius 1 is 1.26 bits per heavy atom. The number of aromatic nitrogens is 2. The van der Waals surface area contributed by atoms with E-state index >= 15 is 0 Å². The molecule has 2 aromatic rings. The van der Waals surface area contributed by atoms with Gasteiger partial charge in [0.1, 0.15) is 5.15 Å². The molecule has 1 aliphatic carbocycles. The van der Waals surface area contributed by atoms with Gasteiger partial charge in [0.05, 0.1) is 5.92 Å². The maximum absolute atomic E-state index is 14.4. The first-order chi connectivity index (χ1) is 16.6. The van der Waals surface area contributed by atoms with Gasteiger partial charge in [-0.05, 0) is 61.8 Å². The zero-order valence-electron chi connectivity index (χ0n) is 20.5. The molecule has 1 amide bonds. The summed E-state index contributed by atoms with van der Waals surface area (Å²) in [4.78, 5) is 26.0. The highest BCUT2D eigenvalue weighted by Crippen LogP contribution is 2.47. The van der Waals surface area contributed by atoms with Gasteiger partial charge < -0.3 is 10.2 Å². The lowest BCUT2D eigenvalue weighted by Gasteiger charge is -2.47. The van der Waals surface area contributed by atoms with E-state index in [1.165, 1.54) is 11.3 Å². The van der Waals surface area contributed by atoms with Crippen LogP contribution in [-0.2, 0) is 16.6 Å². The Balaban J connectivity index is 1.45. The van der Waals surface area contributed by atoms with Crippen molar-refractivity contribution < 1.29 is 4.79 Å². The Morgan fingerprint density at radius 2 is 2.12 bits per heavy atom. The van der Waals surface area contributed by atoms with Crippen molar-refractivity contribution in [3.8, 4) is 0 Å². The Bertz CT molecular complexity index is 1010. The van der Waals surface area contributed by atoms with Crippen molar-refractivity contribution in [2.45, 2.75) is 76.2 Å². The van der Waals surface area contributed by atoms with E-state index in [1.54, 1.807) is 0 Å². The number of carbonyl (C=O) groups excluding carboxylic acids is 1. The topological polar surface area (TPSA) is 58.1 Å². The zero-order chi connectivity index (χ0) is 23.7. The molecule has 1 spiro atoms. The van der Waals surface area contributed by atoms with E-state index in [9.17, 15) is 4.79 Å². The maximum Gasteiger partial charge on any atom is 0.228 e. The third-order valence-electron chi connectivity index (χ3n) is 8.89. The fourth-order valence-corrected chi connectivity index (χ4v) is 7.25. The van der Waals surface area contributed by atoms with Crippen LogP contribution < -0.4 is 5.32 Å². The number of halogens is 1. The lowest BCUT2D eigenvalue weighted by molar-refractivity contribution is -0.142. The third-order valence-corrected chi connectivity index (χ3v) is 9.10. The summed E-state index contributed by atoms with van der Waals surface area (Å²) in [6, 6.07) is 10.5. The second-order valence-corrected chi connectivity index (χ2v) is 10.9. The normalized spacial score (nSPS) is 28.9. The summed E-state index contributed by atoms with van der Waals surface area (Å²) in [5.74, 6) is 1.23. The molecule has 3 aliphatic rings. The SMILES string of the molecule is CCC(CC)C1CC(c2ccccn2)CCN1C(=O)C1CNCC12CCCc1nc(Cl)ccc12. The summed E-state index contributed by atoms with van der Waals surface area (Å²) >= 11 is 6.24. The number of pyridine rings is 2. The highest BCUT2D eigenvalue weighted by Gasteiger charge is 2.52. The highest BCUT2D eigenvalue weighted by molar-refractivity contribution is 6.29. The van der Waals surface area contributed by atoms with Gasteiger partial charge in [0, 0.05) is 54.6 Å². The molecule has 0 aromatic carbocycles. The minimum atomic E-state index is -0.168. The van der Waals surface area contributed by atoms with Crippen LogP contribution in [0.1, 0.15) is 75.2 Å². The predicted octanol–water partition coefficient (Wildman–Crippen LogP) is 5.13. The van der Waals surface area contributed by atoms with Crippen LogP contribution in [0.3, 0.4) is 0 Å². The monoisotopic (exact) mass is 480 g/mol. The second-order valence-electron chi connectivity index (χ2n) is 10.5. The zero-order valence-corrected chi connectivity index (χ0v) is 21.2. The Hall–Kier alpha value is -1.98. The van der Waals surface area contributed by atoms with Crippen LogP contribution in [0.4, 0.5) is 0 Å². The van der Waals surface area contributed by atoms with Crippen LogP contribution in [0.2, 0.25) is 5.15 Å². The number of fused-ring (bicyclic) bond motifs is 2. The van der Waals surface area contributed by atoms with E-state index in [1.807, 2.05) is 18.3 Å². The van der Waals surface area contributed by atoms with Crippen molar-refractivity contribution in [3.05, 3.63) is 58.6 Å². The summed E-state index contributed by atoms with van der Waals surface area (Å²) in [6.07, 6.45) is 9.13. The quantitative estimate of drug-likeness (QED) is 0.602. The van der Waals surface area contributed by atoms with E-state index in [-0.39, 0.29) is 17.4 Å². The molecule has 0 bridgehead atoms. The van der Waals surface area contributed by atoms with Crippen LogP contribution >= 0.6 is 11.6 Å². The number of nitrogens with one attached hydrogen (secondary N) is 1. The van der Waals surface area contributed by atoms with Crippen LogP contribution in [0.15, 0.2) is 36.5 Å². The minimum Gasteiger partial charge on any atom is -0.339 e. The van der Waals surface area contributed by atoms with Gasteiger partial charge in [-0.25, -0.2) is 4.98 Å². The van der Waals surface area contributed by atoms with E-state index in [0.29, 0.717) is 22.9 Å². The lowest BCUT2D eigenvalue weighted by atomic mass is 9.65. The van der Waals surface area contributed by atoms with Gasteiger partial charge in [-0.1, -0.05) is 50.4 Å². The highest BCUT2D eigenvalue weighted by atomic mass is 35.5. The van der Waals surface area contributed by atoms with Gasteiger partial charge in [-0.15, -0.1) is 0 Å². The molecule has 34 heavy (non-hydrogen) atoms. The summed E-state index contributed by atoms with van der Waals surface area (Å²) < 4.78 is 0. The van der Waals surface area contributed by atoms with Crippen LogP contribution in [0, 0.1) is 11.8 Å². The molecule has 4 unspecified atom stereocenters. The molecule has 6 heteroatoms. The molecular formula is C28H37ClN4O. The average Bonchev–Trinajstić information content (AvgIpc) is 3.28. The van der Waals surface area contributed by atoms with Crippen LogP contribution in [0.25, 0.3) is 0 Å². The molecule has 4 atom stereocenters. The lowest BCUT2D eigenvalue weighted by Crippen LogP contribution is -2.55. The number of rotatable bonds is 5. The van der Waals surface area contributed by atoms with Gasteiger partial charge in [0.2, 0.25) is 5.91 Å². The summed E-state index contributed by atoms with van der Waals surface area (Å²) in [5, 5.41) is 4.15. The Morgan fingerprint density at radius 3 is 2.88 bits per heavy atom. The number of amides is 1. The number of aryl methyl sites for hydroxylation is 1. The van der Waals surface area contributed by atoms with Gasteiger partial charge >= 0.3 is 0 Å². The van der Waals surface area contributed by atoms with Crippen LogP contribution in [-0.4, -0.2) is 46.5 Å². The van der Waals surface area contributed by atoms with Crippen molar-refractivity contribution in [2.75, 3.05) is 19.6 Å². The molecule has 182 valence electrons. The number of hydrogen-bond acceptors (Lipinski definition) is 4. The molecule has 5 nitrogen and oxygen atoms in total. The summed E-state index contributed by atoms with van der Waals surface area (Å²) in [7, 11) is 0.